The van der Waals surface area contributed by atoms with Gasteiger partial charge in [0.05, 0.1) is 18.6 Å². The average molecular weight is 942 g/mol. The number of Topliss-reactive ketones (excluding diaryl/α,β-unsaturated/α-hetero) is 1. The van der Waals surface area contributed by atoms with Crippen molar-refractivity contribution in [3.8, 4) is 0 Å². The number of hydrogen-bond donors (Lipinski definition) is 5. The van der Waals surface area contributed by atoms with Crippen molar-refractivity contribution in [2.24, 2.45) is 17.4 Å². The summed E-state index contributed by atoms with van der Waals surface area (Å²) in [5.74, 6) is -1.54. The summed E-state index contributed by atoms with van der Waals surface area (Å²) in [7, 11) is 0. The van der Waals surface area contributed by atoms with Gasteiger partial charge in [-0.1, -0.05) is 194 Å². The third kappa shape index (κ3) is 44.5. The summed E-state index contributed by atoms with van der Waals surface area (Å²) < 4.78 is 11.4. The van der Waals surface area contributed by atoms with E-state index >= 15 is 0 Å². The van der Waals surface area contributed by atoms with Crippen molar-refractivity contribution in [3.63, 3.8) is 0 Å². The highest BCUT2D eigenvalue weighted by atomic mass is 32.2. The standard InChI is InChI=1S/C53H104N4O7S/c1-3-5-7-9-11-13-15-17-19-21-23-27-31-36-51(60)63-44-48(64-52(61)37-32-28-24-22-20-18-16-14-12-10-8-6-4-2)45-65-46-49(55)50(59)42-47(43-58)53(62)57-41-35-40-56-39-34-30-26-25-29-33-38-54/h47-49,56,58H,3-46,54-55H2,1-2H3,(H,57,62)/t47-,48?,49-/m0/s1. The number of amides is 1. The van der Waals surface area contributed by atoms with Crippen LogP contribution in [-0.4, -0.2) is 91.8 Å². The maximum absolute atomic E-state index is 13.0. The number of nitrogens with one attached hydrogen (secondary N) is 2. The number of unbranched alkanes of at least 4 members (excludes halogenated alkanes) is 29. The van der Waals surface area contributed by atoms with Crippen LogP contribution in [-0.2, 0) is 28.7 Å². The summed E-state index contributed by atoms with van der Waals surface area (Å²) in [5.41, 5.74) is 11.8. The molecule has 65 heavy (non-hydrogen) atoms. The molecule has 1 amide bonds. The molecule has 0 aliphatic heterocycles. The Kier molecular flexibility index (Phi) is 48.8. The molecule has 0 saturated carbocycles. The highest BCUT2D eigenvalue weighted by molar-refractivity contribution is 7.99. The van der Waals surface area contributed by atoms with Crippen LogP contribution in [0.5, 0.6) is 0 Å². The Labute approximate surface area is 403 Å². The Hall–Kier alpha value is -1.73. The Morgan fingerprint density at radius 1 is 0.538 bits per heavy atom. The Morgan fingerprint density at radius 3 is 1.45 bits per heavy atom. The van der Waals surface area contributed by atoms with Crippen LogP contribution in [0.25, 0.3) is 0 Å². The van der Waals surface area contributed by atoms with Gasteiger partial charge < -0.3 is 36.7 Å². The van der Waals surface area contributed by atoms with Gasteiger partial charge in [0.1, 0.15) is 12.7 Å². The van der Waals surface area contributed by atoms with E-state index in [0.29, 0.717) is 25.1 Å². The molecule has 12 heteroatoms. The first kappa shape index (κ1) is 63.3. The third-order valence-corrected chi connectivity index (χ3v) is 13.6. The molecule has 384 valence electrons. The first-order valence-electron chi connectivity index (χ1n) is 27.3. The molecule has 11 nitrogen and oxygen atoms in total. The van der Waals surface area contributed by atoms with Gasteiger partial charge in [-0.25, -0.2) is 0 Å². The minimum atomic E-state index is -0.862. The summed E-state index contributed by atoms with van der Waals surface area (Å²) in [4.78, 5) is 51.4. The van der Waals surface area contributed by atoms with Crippen LogP contribution in [0.4, 0.5) is 0 Å². The van der Waals surface area contributed by atoms with Crippen molar-refractivity contribution in [3.05, 3.63) is 0 Å². The van der Waals surface area contributed by atoms with Crippen molar-refractivity contribution in [1.29, 1.82) is 0 Å². The second-order valence-corrected chi connectivity index (χ2v) is 19.9. The largest absolute Gasteiger partial charge is 0.462 e. The number of carbonyl (C=O) groups excluding carboxylic acids is 4. The zero-order valence-electron chi connectivity index (χ0n) is 42.3. The third-order valence-electron chi connectivity index (χ3n) is 12.4. The first-order chi connectivity index (χ1) is 31.8. The Morgan fingerprint density at radius 2 is 0.969 bits per heavy atom. The average Bonchev–Trinajstić information content (AvgIpc) is 3.30. The van der Waals surface area contributed by atoms with Crippen LogP contribution in [0.3, 0.4) is 0 Å². The van der Waals surface area contributed by atoms with E-state index in [2.05, 4.69) is 24.5 Å². The van der Waals surface area contributed by atoms with Crippen LogP contribution in [0.15, 0.2) is 0 Å². The molecule has 0 spiro atoms. The predicted octanol–water partition coefficient (Wildman–Crippen LogP) is 11.4. The quantitative estimate of drug-likeness (QED) is 0.0289. The summed E-state index contributed by atoms with van der Waals surface area (Å²) in [6.07, 6.45) is 39.7. The summed E-state index contributed by atoms with van der Waals surface area (Å²) in [6.45, 7) is 6.99. The van der Waals surface area contributed by atoms with E-state index in [0.717, 1.165) is 77.4 Å². The van der Waals surface area contributed by atoms with Gasteiger partial charge in [-0.15, -0.1) is 0 Å². The van der Waals surface area contributed by atoms with Gasteiger partial charge in [-0.2, -0.15) is 11.8 Å². The maximum Gasteiger partial charge on any atom is 0.306 e. The monoisotopic (exact) mass is 941 g/mol. The van der Waals surface area contributed by atoms with Gasteiger partial charge >= 0.3 is 11.9 Å². The van der Waals surface area contributed by atoms with Crippen LogP contribution >= 0.6 is 11.8 Å². The fourth-order valence-electron chi connectivity index (χ4n) is 8.04. The fraction of sp³-hybridized carbons (Fsp3) is 0.925. The lowest BCUT2D eigenvalue weighted by Gasteiger charge is -2.20. The molecule has 0 aliphatic rings. The molecule has 3 atom stereocenters. The number of aliphatic hydroxyl groups is 1. The molecular weight excluding hydrogens is 837 g/mol. The molecule has 0 heterocycles. The topological polar surface area (TPSA) is 183 Å². The number of nitrogens with two attached hydrogens (primary N) is 2. The predicted molar refractivity (Wildman–Crippen MR) is 274 cm³/mol. The second-order valence-electron chi connectivity index (χ2n) is 18.8. The Bertz CT molecular complexity index is 1090. The number of ketones is 1. The van der Waals surface area contributed by atoms with Crippen molar-refractivity contribution < 1.29 is 33.8 Å². The van der Waals surface area contributed by atoms with Crippen molar-refractivity contribution in [2.45, 2.75) is 257 Å². The van der Waals surface area contributed by atoms with Gasteiger partial charge in [-0.3, -0.25) is 19.2 Å². The maximum atomic E-state index is 13.0. The number of carbonyl (C=O) groups is 4. The molecule has 7 N–H and O–H groups in total. The Balaban J connectivity index is 4.65. The van der Waals surface area contributed by atoms with Gasteiger partial charge in [0.2, 0.25) is 5.91 Å². The number of rotatable bonds is 52. The van der Waals surface area contributed by atoms with E-state index < -0.39 is 24.7 Å². The molecule has 0 aromatic rings. The highest BCUT2D eigenvalue weighted by Gasteiger charge is 2.25. The first-order valence-corrected chi connectivity index (χ1v) is 28.4. The molecule has 0 aliphatic carbocycles. The lowest BCUT2D eigenvalue weighted by atomic mass is 9.99. The van der Waals surface area contributed by atoms with E-state index in [-0.39, 0.29) is 42.4 Å². The smallest absolute Gasteiger partial charge is 0.306 e. The van der Waals surface area contributed by atoms with Gasteiger partial charge in [-0.05, 0) is 51.7 Å². The minimum absolute atomic E-state index is 0.0320. The van der Waals surface area contributed by atoms with E-state index in [4.69, 9.17) is 20.9 Å². The van der Waals surface area contributed by atoms with Crippen molar-refractivity contribution >= 4 is 35.4 Å². The zero-order chi connectivity index (χ0) is 47.7. The summed E-state index contributed by atoms with van der Waals surface area (Å²) in [5, 5.41) is 16.2. The molecular formula is C53H104N4O7S. The highest BCUT2D eigenvalue weighted by Crippen LogP contribution is 2.17. The normalized spacial score (nSPS) is 12.8. The molecule has 0 radical (unpaired) electrons. The molecule has 0 fully saturated rings. The van der Waals surface area contributed by atoms with Gasteiger partial charge in [0, 0.05) is 37.3 Å². The summed E-state index contributed by atoms with van der Waals surface area (Å²) >= 11 is 1.36. The number of thioether (sulfide) groups is 1. The van der Waals surface area contributed by atoms with Crippen molar-refractivity contribution in [2.75, 3.05) is 50.9 Å². The fourth-order valence-corrected chi connectivity index (χ4v) is 9.05. The molecule has 0 saturated heterocycles. The second kappa shape index (κ2) is 50.2. The minimum Gasteiger partial charge on any atom is -0.462 e. The van der Waals surface area contributed by atoms with Gasteiger partial charge in [0.15, 0.2) is 5.78 Å². The SMILES string of the molecule is CCCCCCCCCCCCCCCC(=O)OCC(CSC[C@H](N)C(=O)C[C@@H](CO)C(=O)NCCCNCCCCCCCCN)OC(=O)CCCCCCCCCCCCCCC. The summed E-state index contributed by atoms with van der Waals surface area (Å²) in [6, 6.07) is -0.855. The number of aliphatic hydroxyl groups excluding tert-OH is 1. The lowest BCUT2D eigenvalue weighted by molar-refractivity contribution is -0.157. The van der Waals surface area contributed by atoms with Crippen molar-refractivity contribution in [1.82, 2.24) is 10.6 Å². The number of ether oxygens (including phenoxy) is 2. The molecule has 0 aromatic carbocycles. The number of hydrogen-bond acceptors (Lipinski definition) is 11. The van der Waals surface area contributed by atoms with E-state index in [9.17, 15) is 24.3 Å². The number of esters is 2. The van der Waals surface area contributed by atoms with Gasteiger partial charge in [0.25, 0.3) is 0 Å². The molecule has 0 rings (SSSR count). The van der Waals surface area contributed by atoms with Crippen LogP contribution in [0.1, 0.15) is 245 Å². The van der Waals surface area contributed by atoms with E-state index in [1.807, 2.05) is 0 Å². The van der Waals surface area contributed by atoms with E-state index in [1.54, 1.807) is 0 Å². The van der Waals surface area contributed by atoms with Crippen LogP contribution in [0, 0.1) is 5.92 Å². The van der Waals surface area contributed by atoms with Crippen LogP contribution in [0.2, 0.25) is 0 Å². The zero-order valence-corrected chi connectivity index (χ0v) is 43.1. The lowest BCUT2D eigenvalue weighted by Crippen LogP contribution is -2.40. The molecule has 0 bridgehead atoms. The van der Waals surface area contributed by atoms with E-state index in [1.165, 1.54) is 166 Å². The molecule has 1 unspecified atom stereocenters. The van der Waals surface area contributed by atoms with Crippen LogP contribution < -0.4 is 22.1 Å². The molecule has 0 aromatic heterocycles.